The highest BCUT2D eigenvalue weighted by Gasteiger charge is 2.23. The van der Waals surface area contributed by atoms with E-state index in [9.17, 15) is 9.59 Å². The second-order valence-electron chi connectivity index (χ2n) is 8.01. The van der Waals surface area contributed by atoms with Gasteiger partial charge in [0.05, 0.1) is 11.1 Å². The molecule has 1 aliphatic rings. The Morgan fingerprint density at radius 1 is 1.12 bits per heavy atom. The van der Waals surface area contributed by atoms with Gasteiger partial charge in [0, 0.05) is 23.2 Å². The van der Waals surface area contributed by atoms with Crippen molar-refractivity contribution < 1.29 is 0 Å². The molecule has 5 rings (SSSR count). The Bertz CT molecular complexity index is 1420. The summed E-state index contributed by atoms with van der Waals surface area (Å²) >= 11 is 4.60. The smallest absolute Gasteiger partial charge is 0.275 e. The number of unbranched alkanes of at least 4 members (excludes halogenated alkanes) is 2. The summed E-state index contributed by atoms with van der Waals surface area (Å²) in [6, 6.07) is 1.54. The normalized spacial score (nSPS) is 13.4. The van der Waals surface area contributed by atoms with Gasteiger partial charge >= 0.3 is 0 Å². The Morgan fingerprint density at radius 2 is 2.00 bits per heavy atom. The Morgan fingerprint density at radius 3 is 2.81 bits per heavy atom. The maximum absolute atomic E-state index is 13.5. The average molecular weight is 488 g/mol. The van der Waals surface area contributed by atoms with Crippen LogP contribution in [-0.4, -0.2) is 24.1 Å². The molecule has 0 bridgehead atoms. The summed E-state index contributed by atoms with van der Waals surface area (Å²) in [5.74, 6) is 0.488. The number of aryl methyl sites for hydroxylation is 3. The summed E-state index contributed by atoms with van der Waals surface area (Å²) in [7, 11) is 0. The molecule has 0 amide bonds. The van der Waals surface area contributed by atoms with E-state index in [1.165, 1.54) is 44.1 Å². The van der Waals surface area contributed by atoms with Gasteiger partial charge in [-0.2, -0.15) is 9.61 Å². The van der Waals surface area contributed by atoms with Crippen molar-refractivity contribution in [1.29, 1.82) is 0 Å². The van der Waals surface area contributed by atoms with Gasteiger partial charge in [0.2, 0.25) is 4.96 Å². The summed E-state index contributed by atoms with van der Waals surface area (Å²) in [6.45, 7) is 4.85. The van der Waals surface area contributed by atoms with Crippen LogP contribution in [-0.2, 0) is 31.6 Å². The van der Waals surface area contributed by atoms with Crippen LogP contribution in [0.3, 0.4) is 0 Å². The molecule has 0 unspecified atom stereocenters. The van der Waals surface area contributed by atoms with Crippen LogP contribution in [0.15, 0.2) is 20.8 Å². The molecule has 0 spiro atoms. The van der Waals surface area contributed by atoms with Crippen LogP contribution in [0.2, 0.25) is 0 Å². The molecule has 0 aliphatic heterocycles. The van der Waals surface area contributed by atoms with E-state index in [2.05, 4.69) is 17.0 Å². The predicted octanol–water partition coefficient (Wildman–Crippen LogP) is 4.46. The molecule has 7 nitrogen and oxygen atoms in total. The van der Waals surface area contributed by atoms with Gasteiger partial charge in [0.15, 0.2) is 5.16 Å². The highest BCUT2D eigenvalue weighted by atomic mass is 32.2. The first-order valence-electron chi connectivity index (χ1n) is 11.2. The summed E-state index contributed by atoms with van der Waals surface area (Å²) in [5, 5.41) is 6.76. The van der Waals surface area contributed by atoms with Gasteiger partial charge in [0.25, 0.3) is 11.1 Å². The molecular weight excluding hydrogens is 462 g/mol. The predicted molar refractivity (Wildman–Crippen MR) is 132 cm³/mol. The third kappa shape index (κ3) is 3.92. The highest BCUT2D eigenvalue weighted by molar-refractivity contribution is 7.98. The SMILES string of the molecule is CCCCCn1c(SCc2cc(=O)n3nc(CC)sc3n2)nc2sc3c(c2c1=O)CCC3. The van der Waals surface area contributed by atoms with Crippen LogP contribution in [0.4, 0.5) is 0 Å². The van der Waals surface area contributed by atoms with E-state index in [-0.39, 0.29) is 11.1 Å². The van der Waals surface area contributed by atoms with Gasteiger partial charge in [-0.1, -0.05) is 49.8 Å². The van der Waals surface area contributed by atoms with Crippen LogP contribution < -0.4 is 11.1 Å². The molecule has 0 radical (unpaired) electrons. The maximum atomic E-state index is 13.5. The van der Waals surface area contributed by atoms with Crippen molar-refractivity contribution in [2.45, 2.75) is 76.2 Å². The van der Waals surface area contributed by atoms with Crippen LogP contribution in [0, 0.1) is 0 Å². The molecule has 32 heavy (non-hydrogen) atoms. The van der Waals surface area contributed by atoms with Crippen LogP contribution in [0.5, 0.6) is 0 Å². The molecule has 0 N–H and O–H groups in total. The molecule has 0 atom stereocenters. The van der Waals surface area contributed by atoms with Crippen molar-refractivity contribution >= 4 is 49.6 Å². The largest absolute Gasteiger partial charge is 0.287 e. The molecule has 0 fully saturated rings. The standard InChI is InChI=1S/C22H25N5O2S3/c1-3-5-6-10-26-20(29)18-14-8-7-9-15(14)31-19(18)24-21(26)30-12-13-11-17(28)27-22(23-13)32-16(4-2)25-27/h11H,3-10,12H2,1-2H3. The van der Waals surface area contributed by atoms with Gasteiger partial charge in [-0.15, -0.1) is 11.3 Å². The molecule has 10 heteroatoms. The maximum Gasteiger partial charge on any atom is 0.275 e. The third-order valence-electron chi connectivity index (χ3n) is 5.77. The molecule has 0 saturated carbocycles. The molecule has 0 aromatic carbocycles. The lowest BCUT2D eigenvalue weighted by atomic mass is 10.2. The lowest BCUT2D eigenvalue weighted by Gasteiger charge is -2.12. The van der Waals surface area contributed by atoms with Crippen molar-refractivity contribution in [1.82, 2.24) is 24.1 Å². The first-order chi connectivity index (χ1) is 15.6. The van der Waals surface area contributed by atoms with Gasteiger partial charge in [-0.3, -0.25) is 14.2 Å². The zero-order valence-corrected chi connectivity index (χ0v) is 20.7. The summed E-state index contributed by atoms with van der Waals surface area (Å²) in [5.41, 5.74) is 1.83. The average Bonchev–Trinajstić information content (AvgIpc) is 3.48. The molecule has 4 aromatic rings. The molecule has 0 saturated heterocycles. The second-order valence-corrected chi connectivity index (χ2v) is 11.1. The van der Waals surface area contributed by atoms with Crippen molar-refractivity contribution in [2.75, 3.05) is 0 Å². The van der Waals surface area contributed by atoms with Crippen LogP contribution in [0.25, 0.3) is 15.2 Å². The van der Waals surface area contributed by atoms with Gasteiger partial charge in [0.1, 0.15) is 9.84 Å². The number of rotatable bonds is 8. The topological polar surface area (TPSA) is 82.2 Å². The number of fused-ring (bicyclic) bond motifs is 4. The number of hydrogen-bond donors (Lipinski definition) is 0. The molecular formula is C22H25N5O2S3. The van der Waals surface area contributed by atoms with Crippen molar-refractivity contribution in [3.63, 3.8) is 0 Å². The lowest BCUT2D eigenvalue weighted by molar-refractivity contribution is 0.542. The van der Waals surface area contributed by atoms with E-state index >= 15 is 0 Å². The number of aromatic nitrogens is 5. The lowest BCUT2D eigenvalue weighted by Crippen LogP contribution is -2.23. The fourth-order valence-electron chi connectivity index (χ4n) is 4.14. The molecule has 1 aliphatic carbocycles. The van der Waals surface area contributed by atoms with Gasteiger partial charge in [-0.05, 0) is 37.7 Å². The minimum absolute atomic E-state index is 0.0894. The van der Waals surface area contributed by atoms with Crippen molar-refractivity contribution in [2.24, 2.45) is 0 Å². The quantitative estimate of drug-likeness (QED) is 0.207. The zero-order chi connectivity index (χ0) is 22.2. The van der Waals surface area contributed by atoms with E-state index < -0.39 is 0 Å². The minimum atomic E-state index is -0.167. The van der Waals surface area contributed by atoms with Crippen molar-refractivity contribution in [3.8, 4) is 0 Å². The summed E-state index contributed by atoms with van der Waals surface area (Å²) in [4.78, 5) is 38.3. The Balaban J connectivity index is 1.50. The number of nitrogens with zero attached hydrogens (tertiary/aromatic N) is 5. The Labute approximate surface area is 197 Å². The van der Waals surface area contributed by atoms with E-state index in [1.807, 2.05) is 11.5 Å². The second kappa shape index (κ2) is 9.07. The molecule has 4 aromatic heterocycles. The fourth-order valence-corrected chi connectivity index (χ4v) is 7.21. The monoisotopic (exact) mass is 487 g/mol. The summed E-state index contributed by atoms with van der Waals surface area (Å²) < 4.78 is 3.22. The van der Waals surface area contributed by atoms with E-state index in [4.69, 9.17) is 4.98 Å². The fraction of sp³-hybridized carbons (Fsp3) is 0.500. The number of thioether (sulfide) groups is 1. The van der Waals surface area contributed by atoms with Crippen LogP contribution >= 0.6 is 34.4 Å². The van der Waals surface area contributed by atoms with E-state index in [0.29, 0.717) is 23.0 Å². The summed E-state index contributed by atoms with van der Waals surface area (Å²) in [6.07, 6.45) is 7.07. The first-order valence-corrected chi connectivity index (χ1v) is 13.8. The van der Waals surface area contributed by atoms with Gasteiger partial charge in [-0.25, -0.2) is 9.97 Å². The Hall–Kier alpha value is -2.04. The zero-order valence-electron chi connectivity index (χ0n) is 18.2. The third-order valence-corrected chi connectivity index (χ3v) is 9.02. The molecule has 4 heterocycles. The number of hydrogen-bond acceptors (Lipinski definition) is 8. The minimum Gasteiger partial charge on any atom is -0.287 e. The Kier molecular flexibility index (Phi) is 6.18. The van der Waals surface area contributed by atoms with Gasteiger partial charge < -0.3 is 0 Å². The van der Waals surface area contributed by atoms with Crippen LogP contribution in [0.1, 0.15) is 60.7 Å². The highest BCUT2D eigenvalue weighted by Crippen LogP contribution is 2.36. The first kappa shape index (κ1) is 21.8. The van der Waals surface area contributed by atoms with Crippen molar-refractivity contribution in [3.05, 3.63) is 47.9 Å². The van der Waals surface area contributed by atoms with E-state index in [0.717, 1.165) is 65.3 Å². The molecule has 168 valence electrons. The number of thiophene rings is 1. The van der Waals surface area contributed by atoms with E-state index in [1.54, 1.807) is 11.3 Å².